The molecule has 0 spiro atoms. The van der Waals surface area contributed by atoms with Crippen LogP contribution in [-0.2, 0) is 25.8 Å². The predicted octanol–water partition coefficient (Wildman–Crippen LogP) is 1.25. The van der Waals surface area contributed by atoms with Crippen LogP contribution in [0, 0.1) is 0 Å². The lowest BCUT2D eigenvalue weighted by molar-refractivity contribution is -0.109. The zero-order valence-corrected chi connectivity index (χ0v) is 9.85. The van der Waals surface area contributed by atoms with Crippen LogP contribution in [0.3, 0.4) is 0 Å². The first-order chi connectivity index (χ1) is 8.09. The Balaban J connectivity index is 2.86. The van der Waals surface area contributed by atoms with Gasteiger partial charge in [0, 0.05) is 0 Å². The van der Waals surface area contributed by atoms with Gasteiger partial charge in [-0.25, -0.2) is 4.18 Å². The summed E-state index contributed by atoms with van der Waals surface area (Å²) in [5, 5.41) is 0. The van der Waals surface area contributed by atoms with Crippen molar-refractivity contribution in [1.29, 1.82) is 0 Å². The minimum Gasteiger partial charge on any atom is -0.361 e. The van der Waals surface area contributed by atoms with Crippen molar-refractivity contribution in [3.8, 4) is 5.75 Å². The number of rotatable bonds is 7. The zero-order chi connectivity index (χ0) is 12.7. The summed E-state index contributed by atoms with van der Waals surface area (Å²) in [5.41, 5.74) is 0.667. The standard InChI is InChI=1S/C11H12O5S/c1-2-5-10-6-3-4-7-11(10)16-17(13,14)15-9-8-12/h2-4,6-8H,1,5,9H2. The molecular weight excluding hydrogens is 244 g/mol. The molecule has 1 aromatic carbocycles. The monoisotopic (exact) mass is 256 g/mol. The molecular formula is C11H12O5S. The highest BCUT2D eigenvalue weighted by Crippen LogP contribution is 2.20. The van der Waals surface area contributed by atoms with Crippen molar-refractivity contribution in [2.45, 2.75) is 6.42 Å². The Morgan fingerprint density at radius 1 is 1.29 bits per heavy atom. The van der Waals surface area contributed by atoms with Gasteiger partial charge in [0.1, 0.15) is 18.6 Å². The van der Waals surface area contributed by atoms with Crippen LogP contribution in [0.4, 0.5) is 0 Å². The SMILES string of the molecule is C=CCc1ccccc1OS(=O)(=O)OCC=O. The van der Waals surface area contributed by atoms with Gasteiger partial charge in [-0.15, -0.1) is 6.58 Å². The highest BCUT2D eigenvalue weighted by Gasteiger charge is 2.15. The molecule has 92 valence electrons. The highest BCUT2D eigenvalue weighted by molar-refractivity contribution is 7.82. The maximum atomic E-state index is 11.3. The molecule has 5 nitrogen and oxygen atoms in total. The second-order valence-electron chi connectivity index (χ2n) is 3.04. The number of carbonyl (C=O) groups excluding carboxylic acids is 1. The minimum atomic E-state index is -4.20. The molecule has 0 bridgehead atoms. The van der Waals surface area contributed by atoms with Gasteiger partial charge < -0.3 is 8.98 Å². The number of para-hydroxylation sites is 1. The van der Waals surface area contributed by atoms with Crippen molar-refractivity contribution < 1.29 is 21.6 Å². The highest BCUT2D eigenvalue weighted by atomic mass is 32.3. The molecule has 0 aliphatic carbocycles. The summed E-state index contributed by atoms with van der Waals surface area (Å²) in [6, 6.07) is 6.61. The van der Waals surface area contributed by atoms with E-state index in [-0.39, 0.29) is 5.75 Å². The van der Waals surface area contributed by atoms with Crippen molar-refractivity contribution in [2.24, 2.45) is 0 Å². The zero-order valence-electron chi connectivity index (χ0n) is 9.03. The number of hydrogen-bond acceptors (Lipinski definition) is 5. The quantitative estimate of drug-likeness (QED) is 0.542. The molecule has 0 heterocycles. The Kier molecular flexibility index (Phi) is 4.86. The van der Waals surface area contributed by atoms with Crippen molar-refractivity contribution in [3.63, 3.8) is 0 Å². The topological polar surface area (TPSA) is 69.7 Å². The van der Waals surface area contributed by atoms with E-state index in [1.165, 1.54) is 6.07 Å². The van der Waals surface area contributed by atoms with Crippen LogP contribution in [0.15, 0.2) is 36.9 Å². The van der Waals surface area contributed by atoms with E-state index in [1.807, 2.05) is 0 Å². The average molecular weight is 256 g/mol. The molecule has 0 fully saturated rings. The van der Waals surface area contributed by atoms with E-state index in [9.17, 15) is 13.2 Å². The second kappa shape index (κ2) is 6.17. The third-order valence-corrected chi connectivity index (χ3v) is 2.62. The smallest absolute Gasteiger partial charge is 0.361 e. The van der Waals surface area contributed by atoms with Crippen LogP contribution in [0.25, 0.3) is 0 Å². The Morgan fingerprint density at radius 2 is 2.00 bits per heavy atom. The molecule has 0 aromatic heterocycles. The van der Waals surface area contributed by atoms with Crippen molar-refractivity contribution in [3.05, 3.63) is 42.5 Å². The van der Waals surface area contributed by atoms with Gasteiger partial charge in [0.25, 0.3) is 0 Å². The first-order valence-electron chi connectivity index (χ1n) is 4.80. The molecule has 1 rings (SSSR count). The minimum absolute atomic E-state index is 0.165. The fourth-order valence-corrected chi connectivity index (χ4v) is 1.81. The van der Waals surface area contributed by atoms with Crippen LogP contribution in [-0.4, -0.2) is 21.3 Å². The third kappa shape index (κ3) is 4.38. The summed E-state index contributed by atoms with van der Waals surface area (Å²) in [7, 11) is -4.20. The van der Waals surface area contributed by atoms with Crippen LogP contribution in [0.2, 0.25) is 0 Å². The maximum absolute atomic E-state index is 11.3. The van der Waals surface area contributed by atoms with Gasteiger partial charge in [0.15, 0.2) is 0 Å². The first kappa shape index (κ1) is 13.4. The van der Waals surface area contributed by atoms with Crippen molar-refractivity contribution >= 4 is 16.7 Å². The molecule has 0 saturated heterocycles. The van der Waals surface area contributed by atoms with Gasteiger partial charge in [-0.05, 0) is 18.1 Å². The normalized spacial score (nSPS) is 10.8. The summed E-state index contributed by atoms with van der Waals surface area (Å²) >= 11 is 0. The third-order valence-electron chi connectivity index (χ3n) is 1.81. The van der Waals surface area contributed by atoms with E-state index in [4.69, 9.17) is 4.18 Å². The lowest BCUT2D eigenvalue weighted by atomic mass is 10.1. The number of allylic oxidation sites excluding steroid dienone is 1. The Morgan fingerprint density at radius 3 is 2.65 bits per heavy atom. The molecule has 1 aromatic rings. The van der Waals surface area contributed by atoms with E-state index in [1.54, 1.807) is 24.3 Å². The van der Waals surface area contributed by atoms with Gasteiger partial charge in [0.05, 0.1) is 0 Å². The van der Waals surface area contributed by atoms with Gasteiger partial charge in [-0.2, -0.15) is 8.42 Å². The largest absolute Gasteiger partial charge is 0.449 e. The summed E-state index contributed by atoms with van der Waals surface area (Å²) in [4.78, 5) is 10.0. The number of hydrogen-bond donors (Lipinski definition) is 0. The van der Waals surface area contributed by atoms with Gasteiger partial charge >= 0.3 is 10.4 Å². The molecule has 0 aliphatic heterocycles. The second-order valence-corrected chi connectivity index (χ2v) is 4.26. The van der Waals surface area contributed by atoms with E-state index in [0.717, 1.165) is 0 Å². The summed E-state index contributed by atoms with van der Waals surface area (Å²) < 4.78 is 31.6. The average Bonchev–Trinajstić information content (AvgIpc) is 2.29. The number of aldehydes is 1. The van der Waals surface area contributed by atoms with Gasteiger partial charge in [-0.1, -0.05) is 24.3 Å². The summed E-state index contributed by atoms with van der Waals surface area (Å²) in [6.45, 7) is 3.00. The number of benzene rings is 1. The molecule has 0 amide bonds. The summed E-state index contributed by atoms with van der Waals surface area (Å²) in [5.74, 6) is 0.165. The van der Waals surface area contributed by atoms with E-state index < -0.39 is 17.0 Å². The Labute approximate surface area is 100.0 Å². The van der Waals surface area contributed by atoms with Crippen molar-refractivity contribution in [2.75, 3.05) is 6.61 Å². The van der Waals surface area contributed by atoms with E-state index >= 15 is 0 Å². The van der Waals surface area contributed by atoms with Crippen LogP contribution in [0.5, 0.6) is 5.75 Å². The molecule has 0 aliphatic rings. The Bertz CT molecular complexity index is 492. The lowest BCUT2D eigenvalue weighted by Crippen LogP contribution is -2.15. The van der Waals surface area contributed by atoms with Gasteiger partial charge in [-0.3, -0.25) is 0 Å². The molecule has 0 radical (unpaired) electrons. The number of carbonyl (C=O) groups is 1. The van der Waals surface area contributed by atoms with Gasteiger partial charge in [0.2, 0.25) is 0 Å². The van der Waals surface area contributed by atoms with Crippen LogP contribution >= 0.6 is 0 Å². The molecule has 0 saturated carbocycles. The first-order valence-corrected chi connectivity index (χ1v) is 6.13. The van der Waals surface area contributed by atoms with Crippen LogP contribution < -0.4 is 4.18 Å². The summed E-state index contributed by atoms with van der Waals surface area (Å²) in [6.07, 6.45) is 2.43. The molecule has 0 atom stereocenters. The lowest BCUT2D eigenvalue weighted by Gasteiger charge is -2.08. The fraction of sp³-hybridized carbons (Fsp3) is 0.182. The van der Waals surface area contributed by atoms with Crippen LogP contribution in [0.1, 0.15) is 5.56 Å². The molecule has 6 heteroatoms. The molecule has 17 heavy (non-hydrogen) atoms. The molecule has 0 unspecified atom stereocenters. The van der Waals surface area contributed by atoms with Crippen molar-refractivity contribution in [1.82, 2.24) is 0 Å². The Hall–Kier alpha value is -1.66. The van der Waals surface area contributed by atoms with E-state index in [0.29, 0.717) is 18.3 Å². The molecule has 0 N–H and O–H groups in total. The fourth-order valence-electron chi connectivity index (χ4n) is 1.15. The predicted molar refractivity (Wildman–Crippen MR) is 61.9 cm³/mol. The maximum Gasteiger partial charge on any atom is 0.449 e. The van der Waals surface area contributed by atoms with E-state index in [2.05, 4.69) is 10.8 Å².